The lowest BCUT2D eigenvalue weighted by Crippen LogP contribution is -2.29. The van der Waals surface area contributed by atoms with Gasteiger partial charge in [0.25, 0.3) is 0 Å². The molecule has 1 N–H and O–H groups in total. The molecule has 1 atom stereocenters. The molecule has 0 saturated heterocycles. The molecule has 0 bridgehead atoms. The van der Waals surface area contributed by atoms with E-state index >= 15 is 0 Å². The van der Waals surface area contributed by atoms with Crippen molar-refractivity contribution in [3.8, 4) is 0 Å². The normalized spacial score (nSPS) is 12.9. The van der Waals surface area contributed by atoms with Crippen LogP contribution in [0.3, 0.4) is 0 Å². The lowest BCUT2D eigenvalue weighted by Gasteiger charge is -2.16. The monoisotopic (exact) mass is 237 g/mol. The van der Waals surface area contributed by atoms with Gasteiger partial charge in [0.15, 0.2) is 0 Å². The highest BCUT2D eigenvalue weighted by Crippen LogP contribution is 2.07. The van der Waals surface area contributed by atoms with E-state index < -0.39 is 0 Å². The third kappa shape index (κ3) is 4.90. The minimum absolute atomic E-state index is 0.673. The molecule has 0 saturated carbocycles. The van der Waals surface area contributed by atoms with Crippen molar-refractivity contribution < 1.29 is 0 Å². The van der Waals surface area contributed by atoms with Gasteiger partial charge < -0.3 is 5.32 Å². The van der Waals surface area contributed by atoms with Crippen LogP contribution in [0.1, 0.15) is 50.9 Å². The summed E-state index contributed by atoms with van der Waals surface area (Å²) in [5, 5.41) is 8.09. The zero-order valence-corrected chi connectivity index (χ0v) is 11.8. The van der Waals surface area contributed by atoms with Crippen LogP contribution in [-0.2, 0) is 6.54 Å². The molecule has 1 aromatic heterocycles. The number of hydrogen-bond donors (Lipinski definition) is 1. The lowest BCUT2D eigenvalue weighted by atomic mass is 10.1. The SMILES string of the molecule is CCCNC(CC)CCCn1nc(C)cc1C. The van der Waals surface area contributed by atoms with Gasteiger partial charge in [0.1, 0.15) is 0 Å². The molecule has 3 nitrogen and oxygen atoms in total. The van der Waals surface area contributed by atoms with Gasteiger partial charge >= 0.3 is 0 Å². The Hall–Kier alpha value is -0.830. The molecule has 0 aliphatic carbocycles. The summed E-state index contributed by atoms with van der Waals surface area (Å²) in [7, 11) is 0. The summed E-state index contributed by atoms with van der Waals surface area (Å²) >= 11 is 0. The standard InChI is InChI=1S/C14H27N3/c1-5-9-15-14(6-2)8-7-10-17-13(4)11-12(3)16-17/h11,14-15H,5-10H2,1-4H3. The highest BCUT2D eigenvalue weighted by molar-refractivity contribution is 5.06. The summed E-state index contributed by atoms with van der Waals surface area (Å²) in [6.07, 6.45) is 4.89. The molecule has 1 rings (SSSR count). The minimum Gasteiger partial charge on any atom is -0.314 e. The number of rotatable bonds is 8. The molecule has 0 fully saturated rings. The summed E-state index contributed by atoms with van der Waals surface area (Å²) in [4.78, 5) is 0. The summed E-state index contributed by atoms with van der Waals surface area (Å²) in [5.74, 6) is 0. The first-order valence-electron chi connectivity index (χ1n) is 6.91. The number of hydrogen-bond acceptors (Lipinski definition) is 2. The smallest absolute Gasteiger partial charge is 0.0596 e. The van der Waals surface area contributed by atoms with E-state index in [1.165, 1.54) is 31.4 Å². The average molecular weight is 237 g/mol. The van der Waals surface area contributed by atoms with Crippen LogP contribution in [0.5, 0.6) is 0 Å². The Labute approximate surface area is 106 Å². The van der Waals surface area contributed by atoms with Gasteiger partial charge in [0.05, 0.1) is 5.69 Å². The fourth-order valence-electron chi connectivity index (χ4n) is 2.19. The van der Waals surface area contributed by atoms with Crippen molar-refractivity contribution in [3.05, 3.63) is 17.5 Å². The molecule has 3 heteroatoms. The van der Waals surface area contributed by atoms with Crippen LogP contribution in [0.2, 0.25) is 0 Å². The second-order valence-corrected chi connectivity index (χ2v) is 4.85. The van der Waals surface area contributed by atoms with Crippen LogP contribution < -0.4 is 5.32 Å². The molecule has 1 heterocycles. The first kappa shape index (κ1) is 14.2. The molecule has 0 radical (unpaired) electrons. The zero-order chi connectivity index (χ0) is 12.7. The van der Waals surface area contributed by atoms with E-state index in [9.17, 15) is 0 Å². The third-order valence-electron chi connectivity index (χ3n) is 3.20. The van der Waals surface area contributed by atoms with Crippen molar-refractivity contribution in [2.45, 2.75) is 66.0 Å². The molecule has 0 aliphatic rings. The maximum atomic E-state index is 4.49. The highest BCUT2D eigenvalue weighted by atomic mass is 15.3. The number of aromatic nitrogens is 2. The summed E-state index contributed by atoms with van der Waals surface area (Å²) in [5.41, 5.74) is 2.40. The van der Waals surface area contributed by atoms with Crippen molar-refractivity contribution in [3.63, 3.8) is 0 Å². The Morgan fingerprint density at radius 2 is 2.12 bits per heavy atom. The van der Waals surface area contributed by atoms with Gasteiger partial charge in [-0.15, -0.1) is 0 Å². The number of aryl methyl sites for hydroxylation is 3. The zero-order valence-electron chi connectivity index (χ0n) is 11.8. The van der Waals surface area contributed by atoms with Gasteiger partial charge in [-0.05, 0) is 52.1 Å². The predicted octanol–water partition coefficient (Wildman–Crippen LogP) is 3.06. The predicted molar refractivity (Wildman–Crippen MR) is 73.3 cm³/mol. The molecule has 1 unspecified atom stereocenters. The molecule has 0 aromatic carbocycles. The first-order chi connectivity index (χ1) is 8.17. The quantitative estimate of drug-likeness (QED) is 0.753. The van der Waals surface area contributed by atoms with E-state index in [4.69, 9.17) is 0 Å². The topological polar surface area (TPSA) is 29.9 Å². The van der Waals surface area contributed by atoms with E-state index in [0.717, 1.165) is 18.8 Å². The molecule has 98 valence electrons. The molecule has 0 spiro atoms. The minimum atomic E-state index is 0.673. The Morgan fingerprint density at radius 3 is 2.65 bits per heavy atom. The summed E-state index contributed by atoms with van der Waals surface area (Å²) in [6, 6.07) is 2.82. The fraction of sp³-hybridized carbons (Fsp3) is 0.786. The van der Waals surface area contributed by atoms with Crippen LogP contribution in [0.25, 0.3) is 0 Å². The van der Waals surface area contributed by atoms with Crippen molar-refractivity contribution >= 4 is 0 Å². The number of nitrogens with one attached hydrogen (secondary N) is 1. The van der Waals surface area contributed by atoms with Crippen molar-refractivity contribution in [1.82, 2.24) is 15.1 Å². The van der Waals surface area contributed by atoms with Crippen LogP contribution in [-0.4, -0.2) is 22.4 Å². The Morgan fingerprint density at radius 1 is 1.35 bits per heavy atom. The second kappa shape index (κ2) is 7.49. The van der Waals surface area contributed by atoms with Crippen LogP contribution in [0, 0.1) is 13.8 Å². The Balaban J connectivity index is 2.28. The van der Waals surface area contributed by atoms with E-state index in [1.54, 1.807) is 0 Å². The number of nitrogens with zero attached hydrogens (tertiary/aromatic N) is 2. The molecular formula is C14H27N3. The summed E-state index contributed by atoms with van der Waals surface area (Å²) in [6.45, 7) is 10.8. The summed E-state index contributed by atoms with van der Waals surface area (Å²) < 4.78 is 2.13. The van der Waals surface area contributed by atoms with E-state index in [0.29, 0.717) is 6.04 Å². The van der Waals surface area contributed by atoms with Crippen molar-refractivity contribution in [2.75, 3.05) is 6.54 Å². The van der Waals surface area contributed by atoms with Gasteiger partial charge in [-0.2, -0.15) is 5.10 Å². The molecule has 0 amide bonds. The first-order valence-corrected chi connectivity index (χ1v) is 6.91. The van der Waals surface area contributed by atoms with Gasteiger partial charge in [-0.1, -0.05) is 13.8 Å². The highest BCUT2D eigenvalue weighted by Gasteiger charge is 2.05. The lowest BCUT2D eigenvalue weighted by molar-refractivity contribution is 0.429. The van der Waals surface area contributed by atoms with Gasteiger partial charge in [-0.3, -0.25) is 4.68 Å². The van der Waals surface area contributed by atoms with Gasteiger partial charge in [0, 0.05) is 18.3 Å². The van der Waals surface area contributed by atoms with Crippen LogP contribution in [0.15, 0.2) is 6.07 Å². The van der Waals surface area contributed by atoms with Gasteiger partial charge in [-0.25, -0.2) is 0 Å². The van der Waals surface area contributed by atoms with E-state index in [2.05, 4.69) is 48.9 Å². The fourth-order valence-corrected chi connectivity index (χ4v) is 2.19. The molecule has 17 heavy (non-hydrogen) atoms. The Bertz CT molecular complexity index is 317. The third-order valence-corrected chi connectivity index (χ3v) is 3.20. The maximum Gasteiger partial charge on any atom is 0.0596 e. The molecule has 1 aromatic rings. The Kier molecular flexibility index (Phi) is 6.27. The molecular weight excluding hydrogens is 210 g/mol. The van der Waals surface area contributed by atoms with Crippen LogP contribution >= 0.6 is 0 Å². The average Bonchev–Trinajstić information content (AvgIpc) is 2.62. The molecule has 0 aliphatic heterocycles. The van der Waals surface area contributed by atoms with Gasteiger partial charge in [0.2, 0.25) is 0 Å². The second-order valence-electron chi connectivity index (χ2n) is 4.85. The van der Waals surface area contributed by atoms with Crippen molar-refractivity contribution in [1.29, 1.82) is 0 Å². The van der Waals surface area contributed by atoms with E-state index in [1.807, 2.05) is 0 Å². The largest absolute Gasteiger partial charge is 0.314 e. The van der Waals surface area contributed by atoms with Crippen molar-refractivity contribution in [2.24, 2.45) is 0 Å². The van der Waals surface area contributed by atoms with E-state index in [-0.39, 0.29) is 0 Å². The maximum absolute atomic E-state index is 4.49. The van der Waals surface area contributed by atoms with Crippen LogP contribution in [0.4, 0.5) is 0 Å².